The Labute approximate surface area is 167 Å². The van der Waals surface area contributed by atoms with E-state index < -0.39 is 0 Å². The number of rotatable bonds is 3. The predicted octanol–water partition coefficient (Wildman–Crippen LogP) is 5.00. The van der Waals surface area contributed by atoms with Gasteiger partial charge in [0, 0.05) is 22.5 Å². The van der Waals surface area contributed by atoms with Crippen LogP contribution in [0.2, 0.25) is 0 Å². The van der Waals surface area contributed by atoms with Gasteiger partial charge in [-0.15, -0.1) is 11.3 Å². The second-order valence-corrected chi connectivity index (χ2v) is 7.48. The van der Waals surface area contributed by atoms with Crippen molar-refractivity contribution >= 4 is 32.5 Å². The van der Waals surface area contributed by atoms with Crippen molar-refractivity contribution in [2.75, 3.05) is 0 Å². The standard InChI is InChI=1S/C22H13F2N3OS/c23-15-6-3-13(4-7-15)17-11-29-21-19(17)22(28)27(12-26-21)10-14-5-8-18(24)16-2-1-9-25-20(14)16/h1-9,11-12H,10H2. The Morgan fingerprint density at radius 3 is 2.66 bits per heavy atom. The zero-order valence-corrected chi connectivity index (χ0v) is 15.8. The number of fused-ring (bicyclic) bond motifs is 2. The molecule has 3 aromatic heterocycles. The smallest absolute Gasteiger partial charge is 0.263 e. The van der Waals surface area contributed by atoms with E-state index in [1.54, 1.807) is 36.5 Å². The summed E-state index contributed by atoms with van der Waals surface area (Å²) in [6.07, 6.45) is 3.09. The van der Waals surface area contributed by atoms with E-state index in [4.69, 9.17) is 0 Å². The summed E-state index contributed by atoms with van der Waals surface area (Å²) in [6.45, 7) is 0.217. The van der Waals surface area contributed by atoms with Crippen molar-refractivity contribution in [3.63, 3.8) is 0 Å². The summed E-state index contributed by atoms with van der Waals surface area (Å²) in [6, 6.07) is 12.4. The number of benzene rings is 2. The third-order valence-corrected chi connectivity index (χ3v) is 5.74. The van der Waals surface area contributed by atoms with E-state index in [1.807, 2.05) is 5.38 Å². The van der Waals surface area contributed by atoms with E-state index >= 15 is 0 Å². The molecule has 0 spiro atoms. The van der Waals surface area contributed by atoms with Crippen LogP contribution in [0.1, 0.15) is 5.56 Å². The first kappa shape index (κ1) is 17.6. The van der Waals surface area contributed by atoms with Crippen LogP contribution in [0.25, 0.3) is 32.2 Å². The number of aromatic nitrogens is 3. The zero-order chi connectivity index (χ0) is 20.0. The summed E-state index contributed by atoms with van der Waals surface area (Å²) in [7, 11) is 0. The topological polar surface area (TPSA) is 47.8 Å². The molecule has 29 heavy (non-hydrogen) atoms. The van der Waals surface area contributed by atoms with E-state index in [1.165, 1.54) is 40.4 Å². The number of halogens is 2. The summed E-state index contributed by atoms with van der Waals surface area (Å²) < 4.78 is 28.8. The number of nitrogens with zero attached hydrogens (tertiary/aromatic N) is 3. The summed E-state index contributed by atoms with van der Waals surface area (Å²) in [5, 5.41) is 2.75. The van der Waals surface area contributed by atoms with Crippen molar-refractivity contribution in [2.24, 2.45) is 0 Å². The van der Waals surface area contributed by atoms with Crippen LogP contribution in [0.5, 0.6) is 0 Å². The van der Waals surface area contributed by atoms with Crippen LogP contribution in [0.4, 0.5) is 8.78 Å². The highest BCUT2D eigenvalue weighted by molar-refractivity contribution is 7.17. The van der Waals surface area contributed by atoms with Gasteiger partial charge in [-0.05, 0) is 41.5 Å². The molecule has 2 aromatic carbocycles. The molecule has 0 aliphatic heterocycles. The summed E-state index contributed by atoms with van der Waals surface area (Å²) in [5.74, 6) is -0.686. The molecule has 7 heteroatoms. The van der Waals surface area contributed by atoms with Crippen LogP contribution in [-0.4, -0.2) is 14.5 Å². The molecule has 4 nitrogen and oxygen atoms in total. The van der Waals surface area contributed by atoms with Crippen molar-refractivity contribution in [1.82, 2.24) is 14.5 Å². The fraction of sp³-hybridized carbons (Fsp3) is 0.0455. The van der Waals surface area contributed by atoms with Gasteiger partial charge in [0.2, 0.25) is 0 Å². The first-order chi connectivity index (χ1) is 14.1. The van der Waals surface area contributed by atoms with Crippen molar-refractivity contribution in [3.8, 4) is 11.1 Å². The lowest BCUT2D eigenvalue weighted by molar-refractivity contribution is 0.628. The van der Waals surface area contributed by atoms with Crippen LogP contribution in [0.3, 0.4) is 0 Å². The largest absolute Gasteiger partial charge is 0.294 e. The summed E-state index contributed by atoms with van der Waals surface area (Å²) >= 11 is 1.37. The van der Waals surface area contributed by atoms with Gasteiger partial charge in [-0.2, -0.15) is 0 Å². The molecule has 0 aliphatic carbocycles. The molecule has 142 valence electrons. The normalized spacial score (nSPS) is 11.4. The predicted molar refractivity (Wildman–Crippen MR) is 110 cm³/mol. The molecular formula is C22H13F2N3OS. The zero-order valence-electron chi connectivity index (χ0n) is 15.0. The van der Waals surface area contributed by atoms with E-state index in [2.05, 4.69) is 9.97 Å². The van der Waals surface area contributed by atoms with Crippen LogP contribution in [0, 0.1) is 11.6 Å². The highest BCUT2D eigenvalue weighted by Gasteiger charge is 2.15. The lowest BCUT2D eigenvalue weighted by atomic mass is 10.1. The SMILES string of the molecule is O=c1c2c(-c3ccc(F)cc3)csc2ncn1Cc1ccc(F)c2cccnc12. The van der Waals surface area contributed by atoms with Gasteiger partial charge in [-0.25, -0.2) is 13.8 Å². The maximum absolute atomic E-state index is 14.1. The molecule has 5 rings (SSSR count). The van der Waals surface area contributed by atoms with E-state index in [-0.39, 0.29) is 23.7 Å². The van der Waals surface area contributed by atoms with E-state index in [0.717, 1.165) is 16.7 Å². The third kappa shape index (κ3) is 3.00. The molecule has 0 bridgehead atoms. The van der Waals surface area contributed by atoms with Crippen LogP contribution in [-0.2, 0) is 6.54 Å². The van der Waals surface area contributed by atoms with Gasteiger partial charge >= 0.3 is 0 Å². The Hall–Kier alpha value is -3.45. The van der Waals surface area contributed by atoms with Crippen LogP contribution >= 0.6 is 11.3 Å². The summed E-state index contributed by atoms with van der Waals surface area (Å²) in [5.41, 5.74) is 2.51. The Balaban J connectivity index is 1.65. The molecule has 0 atom stereocenters. The van der Waals surface area contributed by atoms with E-state index in [9.17, 15) is 13.6 Å². The molecule has 0 fully saturated rings. The minimum Gasteiger partial charge on any atom is -0.294 e. The lowest BCUT2D eigenvalue weighted by Gasteiger charge is -2.09. The van der Waals surface area contributed by atoms with Gasteiger partial charge in [0.1, 0.15) is 16.5 Å². The van der Waals surface area contributed by atoms with Crippen molar-refractivity contribution in [1.29, 1.82) is 0 Å². The Morgan fingerprint density at radius 2 is 1.83 bits per heavy atom. The Bertz CT molecular complexity index is 1420. The molecule has 3 heterocycles. The molecule has 0 amide bonds. The molecule has 0 N–H and O–H groups in total. The number of hydrogen-bond acceptors (Lipinski definition) is 4. The molecule has 5 aromatic rings. The molecule has 0 saturated carbocycles. The fourth-order valence-electron chi connectivity index (χ4n) is 3.43. The highest BCUT2D eigenvalue weighted by atomic mass is 32.1. The van der Waals surface area contributed by atoms with Gasteiger partial charge in [-0.1, -0.05) is 18.2 Å². The molecule has 0 aliphatic rings. The molecule has 0 saturated heterocycles. The first-order valence-corrected chi connectivity index (χ1v) is 9.74. The fourth-order valence-corrected chi connectivity index (χ4v) is 4.34. The van der Waals surface area contributed by atoms with Crippen molar-refractivity contribution in [2.45, 2.75) is 6.54 Å². The second kappa shape index (κ2) is 6.86. The van der Waals surface area contributed by atoms with Crippen molar-refractivity contribution in [3.05, 3.63) is 94.0 Å². The third-order valence-electron chi connectivity index (χ3n) is 4.86. The van der Waals surface area contributed by atoms with Gasteiger partial charge in [-0.3, -0.25) is 14.3 Å². The maximum Gasteiger partial charge on any atom is 0.263 e. The van der Waals surface area contributed by atoms with Gasteiger partial charge in [0.05, 0.1) is 23.8 Å². The molecule has 0 radical (unpaired) electrons. The Morgan fingerprint density at radius 1 is 1.00 bits per heavy atom. The number of thiophene rings is 1. The van der Waals surface area contributed by atoms with Crippen LogP contribution < -0.4 is 5.56 Å². The maximum atomic E-state index is 14.1. The van der Waals surface area contributed by atoms with Crippen molar-refractivity contribution < 1.29 is 8.78 Å². The quantitative estimate of drug-likeness (QED) is 0.424. The van der Waals surface area contributed by atoms with Gasteiger partial charge < -0.3 is 0 Å². The average Bonchev–Trinajstić information content (AvgIpc) is 3.18. The molecular weight excluding hydrogens is 392 g/mol. The second-order valence-electron chi connectivity index (χ2n) is 6.62. The average molecular weight is 405 g/mol. The van der Waals surface area contributed by atoms with Gasteiger partial charge in [0.15, 0.2) is 0 Å². The van der Waals surface area contributed by atoms with Crippen LogP contribution in [0.15, 0.2) is 71.2 Å². The lowest BCUT2D eigenvalue weighted by Crippen LogP contribution is -2.21. The van der Waals surface area contributed by atoms with Gasteiger partial charge in [0.25, 0.3) is 5.56 Å². The monoisotopic (exact) mass is 405 g/mol. The number of hydrogen-bond donors (Lipinski definition) is 0. The summed E-state index contributed by atoms with van der Waals surface area (Å²) in [4.78, 5) is 22.5. The minimum atomic E-state index is -0.353. The Kier molecular flexibility index (Phi) is 4.17. The highest BCUT2D eigenvalue weighted by Crippen LogP contribution is 2.31. The number of pyridine rings is 1. The van der Waals surface area contributed by atoms with E-state index in [0.29, 0.717) is 21.1 Å². The molecule has 0 unspecified atom stereocenters. The first-order valence-electron chi connectivity index (χ1n) is 8.86. The minimum absolute atomic E-state index is 0.205.